The molecule has 1 saturated carbocycles. The molecule has 2 N–H and O–H groups in total. The molecular formula is C16H16FN3O2. The van der Waals surface area contributed by atoms with Crippen LogP contribution < -0.4 is 10.6 Å². The second-order valence-electron chi connectivity index (χ2n) is 5.95. The zero-order valence-electron chi connectivity index (χ0n) is 11.9. The van der Waals surface area contributed by atoms with E-state index in [2.05, 4.69) is 15.6 Å². The SMILES string of the molecule is O=C(NC1CC2CC1CN2)c1ncc(-c2ccc(F)cc2)o1. The van der Waals surface area contributed by atoms with Gasteiger partial charge in [-0.3, -0.25) is 4.79 Å². The third-order valence-electron chi connectivity index (χ3n) is 4.51. The molecule has 1 aromatic carbocycles. The van der Waals surface area contributed by atoms with E-state index in [-0.39, 0.29) is 23.7 Å². The number of amides is 1. The van der Waals surface area contributed by atoms with Crippen molar-refractivity contribution in [2.45, 2.75) is 24.9 Å². The predicted molar refractivity (Wildman–Crippen MR) is 77.7 cm³/mol. The summed E-state index contributed by atoms with van der Waals surface area (Å²) in [5.41, 5.74) is 0.692. The van der Waals surface area contributed by atoms with Crippen molar-refractivity contribution in [2.24, 2.45) is 5.92 Å². The van der Waals surface area contributed by atoms with E-state index in [9.17, 15) is 9.18 Å². The molecule has 2 aliphatic rings. The maximum Gasteiger partial charge on any atom is 0.307 e. The number of nitrogens with zero attached hydrogens (tertiary/aromatic N) is 1. The van der Waals surface area contributed by atoms with Gasteiger partial charge in [0.1, 0.15) is 5.82 Å². The van der Waals surface area contributed by atoms with Crippen LogP contribution in [-0.2, 0) is 0 Å². The third-order valence-corrected chi connectivity index (χ3v) is 4.51. The quantitative estimate of drug-likeness (QED) is 0.909. The van der Waals surface area contributed by atoms with Crippen LogP contribution >= 0.6 is 0 Å². The van der Waals surface area contributed by atoms with Gasteiger partial charge < -0.3 is 15.1 Å². The van der Waals surface area contributed by atoms with Crippen LogP contribution in [0, 0.1) is 11.7 Å². The van der Waals surface area contributed by atoms with Gasteiger partial charge in [0.2, 0.25) is 0 Å². The molecule has 6 heteroatoms. The Labute approximate surface area is 126 Å². The lowest BCUT2D eigenvalue weighted by molar-refractivity contribution is 0.0890. The molecule has 4 rings (SSSR count). The van der Waals surface area contributed by atoms with Crippen molar-refractivity contribution in [1.82, 2.24) is 15.6 Å². The highest BCUT2D eigenvalue weighted by Crippen LogP contribution is 2.31. The highest BCUT2D eigenvalue weighted by molar-refractivity contribution is 5.90. The number of halogens is 1. The summed E-state index contributed by atoms with van der Waals surface area (Å²) in [6.45, 7) is 0.960. The average Bonchev–Trinajstić information content (AvgIpc) is 3.24. The van der Waals surface area contributed by atoms with Crippen LogP contribution in [-0.4, -0.2) is 29.5 Å². The number of piperidine rings is 1. The fourth-order valence-corrected chi connectivity index (χ4v) is 3.37. The molecule has 1 aliphatic heterocycles. The normalized spacial score (nSPS) is 26.3. The maximum absolute atomic E-state index is 12.9. The minimum atomic E-state index is -0.314. The minimum absolute atomic E-state index is 0.0510. The Balaban J connectivity index is 1.46. The van der Waals surface area contributed by atoms with Gasteiger partial charge in [-0.1, -0.05) is 0 Å². The first kappa shape index (κ1) is 13.5. The molecule has 2 aromatic rings. The first-order valence-electron chi connectivity index (χ1n) is 7.45. The largest absolute Gasteiger partial charge is 0.432 e. The number of aromatic nitrogens is 1. The van der Waals surface area contributed by atoms with Crippen LogP contribution in [0.15, 0.2) is 34.9 Å². The summed E-state index contributed by atoms with van der Waals surface area (Å²) in [4.78, 5) is 16.3. The number of fused-ring (bicyclic) bond motifs is 2. The van der Waals surface area contributed by atoms with Crippen molar-refractivity contribution in [3.63, 3.8) is 0 Å². The molecule has 0 spiro atoms. The zero-order chi connectivity index (χ0) is 15.1. The summed E-state index contributed by atoms with van der Waals surface area (Å²) < 4.78 is 18.4. The molecule has 1 aromatic heterocycles. The lowest BCUT2D eigenvalue weighted by Crippen LogP contribution is -2.44. The smallest absolute Gasteiger partial charge is 0.307 e. The number of hydrogen-bond acceptors (Lipinski definition) is 4. The number of nitrogens with one attached hydrogen (secondary N) is 2. The highest BCUT2D eigenvalue weighted by atomic mass is 19.1. The number of carbonyl (C=O) groups is 1. The van der Waals surface area contributed by atoms with Crippen molar-refractivity contribution >= 4 is 5.91 Å². The number of carbonyl (C=O) groups excluding carboxylic acids is 1. The van der Waals surface area contributed by atoms with Crippen LogP contribution in [0.2, 0.25) is 0 Å². The summed E-state index contributed by atoms with van der Waals surface area (Å²) in [6, 6.07) is 6.60. The molecular weight excluding hydrogens is 285 g/mol. The molecule has 22 heavy (non-hydrogen) atoms. The number of hydrogen-bond donors (Lipinski definition) is 2. The van der Waals surface area contributed by atoms with Crippen molar-refractivity contribution in [2.75, 3.05) is 6.54 Å². The number of oxazole rings is 1. The number of rotatable bonds is 3. The molecule has 1 aliphatic carbocycles. The molecule has 3 atom stereocenters. The van der Waals surface area contributed by atoms with Crippen LogP contribution in [0.25, 0.3) is 11.3 Å². The van der Waals surface area contributed by atoms with Gasteiger partial charge in [-0.25, -0.2) is 9.37 Å². The first-order valence-corrected chi connectivity index (χ1v) is 7.45. The van der Waals surface area contributed by atoms with Gasteiger partial charge in [0.05, 0.1) is 6.20 Å². The number of benzene rings is 1. The second-order valence-corrected chi connectivity index (χ2v) is 5.95. The molecule has 2 bridgehead atoms. The molecule has 2 fully saturated rings. The Kier molecular flexibility index (Phi) is 3.18. The van der Waals surface area contributed by atoms with Crippen LogP contribution in [0.5, 0.6) is 0 Å². The Morgan fingerprint density at radius 3 is 2.82 bits per heavy atom. The Morgan fingerprint density at radius 1 is 1.32 bits per heavy atom. The maximum atomic E-state index is 12.9. The molecule has 3 unspecified atom stereocenters. The summed E-state index contributed by atoms with van der Waals surface area (Å²) in [7, 11) is 0. The van der Waals surface area contributed by atoms with Gasteiger partial charge in [-0.15, -0.1) is 0 Å². The standard InChI is InChI=1S/C16H16FN3O2/c17-11-3-1-9(2-4-11)14-8-19-16(22-14)15(21)20-13-6-12-5-10(13)7-18-12/h1-4,8,10,12-13,18H,5-7H2,(H,20,21). The van der Waals surface area contributed by atoms with E-state index in [0.717, 1.165) is 19.4 Å². The Hall–Kier alpha value is -2.21. The second kappa shape index (κ2) is 5.21. The molecule has 1 amide bonds. The van der Waals surface area contributed by atoms with Gasteiger partial charge in [-0.05, 0) is 43.0 Å². The van der Waals surface area contributed by atoms with E-state index < -0.39 is 0 Å². The predicted octanol–water partition coefficient (Wildman–Crippen LogP) is 1.96. The van der Waals surface area contributed by atoms with Crippen molar-refractivity contribution in [3.05, 3.63) is 42.2 Å². The van der Waals surface area contributed by atoms with E-state index in [1.54, 1.807) is 12.1 Å². The summed E-state index contributed by atoms with van der Waals surface area (Å²) in [5.74, 6) is 0.410. The molecule has 5 nitrogen and oxygen atoms in total. The topological polar surface area (TPSA) is 67.2 Å². The molecule has 2 heterocycles. The van der Waals surface area contributed by atoms with Crippen molar-refractivity contribution in [3.8, 4) is 11.3 Å². The summed E-state index contributed by atoms with van der Waals surface area (Å²) >= 11 is 0. The summed E-state index contributed by atoms with van der Waals surface area (Å²) in [5, 5.41) is 6.41. The first-order chi connectivity index (χ1) is 10.7. The van der Waals surface area contributed by atoms with E-state index in [1.807, 2.05) is 0 Å². The van der Waals surface area contributed by atoms with Gasteiger partial charge in [0, 0.05) is 24.2 Å². The van der Waals surface area contributed by atoms with Crippen molar-refractivity contribution < 1.29 is 13.6 Å². The molecule has 114 valence electrons. The van der Waals surface area contributed by atoms with Crippen LogP contribution in [0.4, 0.5) is 4.39 Å². The fourth-order valence-electron chi connectivity index (χ4n) is 3.37. The van der Waals surface area contributed by atoms with E-state index in [1.165, 1.54) is 18.3 Å². The van der Waals surface area contributed by atoms with Gasteiger partial charge in [0.15, 0.2) is 5.76 Å². The van der Waals surface area contributed by atoms with E-state index in [4.69, 9.17) is 4.42 Å². The average molecular weight is 301 g/mol. The Morgan fingerprint density at radius 2 is 2.14 bits per heavy atom. The Bertz CT molecular complexity index is 698. The molecule has 0 radical (unpaired) electrons. The van der Waals surface area contributed by atoms with Crippen LogP contribution in [0.3, 0.4) is 0 Å². The fraction of sp³-hybridized carbons (Fsp3) is 0.375. The monoisotopic (exact) mass is 301 g/mol. The highest BCUT2D eigenvalue weighted by Gasteiger charge is 2.40. The van der Waals surface area contributed by atoms with Gasteiger partial charge in [0.25, 0.3) is 5.89 Å². The van der Waals surface area contributed by atoms with E-state index >= 15 is 0 Å². The van der Waals surface area contributed by atoms with Gasteiger partial charge >= 0.3 is 5.91 Å². The van der Waals surface area contributed by atoms with E-state index in [0.29, 0.717) is 23.3 Å². The zero-order valence-corrected chi connectivity index (χ0v) is 11.9. The third kappa shape index (κ3) is 2.39. The lowest BCUT2D eigenvalue weighted by Gasteiger charge is -2.22. The minimum Gasteiger partial charge on any atom is -0.432 e. The van der Waals surface area contributed by atoms with Crippen molar-refractivity contribution in [1.29, 1.82) is 0 Å². The lowest BCUT2D eigenvalue weighted by atomic mass is 10.0. The van der Waals surface area contributed by atoms with Crippen LogP contribution in [0.1, 0.15) is 23.5 Å². The summed E-state index contributed by atoms with van der Waals surface area (Å²) in [6.07, 6.45) is 3.57. The van der Waals surface area contributed by atoms with Gasteiger partial charge in [-0.2, -0.15) is 0 Å². The molecule has 1 saturated heterocycles.